The van der Waals surface area contributed by atoms with Gasteiger partial charge in [0, 0.05) is 38.0 Å². The largest absolute Gasteiger partial charge is 0.496 e. The molecule has 2 aliphatic heterocycles. The number of nitrogens with zero attached hydrogens (tertiary/aromatic N) is 1. The molecule has 1 N–H and O–H groups in total. The molecule has 1 aromatic rings. The Balaban J connectivity index is 1.60. The van der Waals surface area contributed by atoms with Gasteiger partial charge in [0.25, 0.3) is 0 Å². The number of hydrogen-bond donors (Lipinski definition) is 1. The summed E-state index contributed by atoms with van der Waals surface area (Å²) in [5, 5.41) is 0. The second kappa shape index (κ2) is 9.13. The average Bonchev–Trinajstić information content (AvgIpc) is 2.67. The number of likely N-dealkylation sites (tertiary alicyclic amines) is 1. The minimum Gasteiger partial charge on any atom is -0.496 e. The van der Waals surface area contributed by atoms with E-state index >= 15 is 0 Å². The van der Waals surface area contributed by atoms with Gasteiger partial charge in [-0.1, -0.05) is 0 Å². The van der Waals surface area contributed by atoms with Crippen molar-refractivity contribution in [2.75, 3.05) is 47.5 Å². The Hall–Kier alpha value is -1.50. The lowest BCUT2D eigenvalue weighted by atomic mass is 10.0. The normalized spacial score (nSPS) is 29.4. The minimum absolute atomic E-state index is 0.343. The Morgan fingerprint density at radius 3 is 2.04 bits per heavy atom. The number of benzene rings is 1. The first-order chi connectivity index (χ1) is 13.0. The molecule has 6 nitrogen and oxygen atoms in total. The predicted molar refractivity (Wildman–Crippen MR) is 105 cm³/mol. The first kappa shape index (κ1) is 20.2. The molecule has 2 atom stereocenters. The number of hydrogen-bond acceptors (Lipinski definition) is 5. The predicted octanol–water partition coefficient (Wildman–Crippen LogP) is 1.37. The number of piperidine rings is 1. The highest BCUT2D eigenvalue weighted by molar-refractivity contribution is 5.50. The molecule has 0 amide bonds. The third-order valence-electron chi connectivity index (χ3n) is 5.85. The Kier molecular flexibility index (Phi) is 6.84. The van der Waals surface area contributed by atoms with Gasteiger partial charge in [0.05, 0.1) is 52.2 Å². The molecule has 0 saturated carbocycles. The van der Waals surface area contributed by atoms with E-state index in [9.17, 15) is 0 Å². The molecular weight excluding hydrogens is 344 g/mol. The summed E-state index contributed by atoms with van der Waals surface area (Å²) in [4.78, 5) is 4.25. The van der Waals surface area contributed by atoms with E-state index in [2.05, 4.69) is 24.8 Å². The van der Waals surface area contributed by atoms with Crippen LogP contribution in [0.2, 0.25) is 0 Å². The molecule has 0 aliphatic carbocycles. The van der Waals surface area contributed by atoms with Gasteiger partial charge in [-0.05, 0) is 19.9 Å². The van der Waals surface area contributed by atoms with E-state index in [0.29, 0.717) is 24.0 Å². The van der Waals surface area contributed by atoms with Crippen molar-refractivity contribution in [3.63, 3.8) is 0 Å². The van der Waals surface area contributed by atoms with Crippen LogP contribution in [0.4, 0.5) is 0 Å². The zero-order chi connectivity index (χ0) is 19.4. The van der Waals surface area contributed by atoms with Crippen LogP contribution < -0.4 is 19.1 Å². The van der Waals surface area contributed by atoms with Gasteiger partial charge in [-0.25, -0.2) is 0 Å². The second-order valence-corrected chi connectivity index (χ2v) is 7.89. The van der Waals surface area contributed by atoms with Crippen molar-refractivity contribution in [3.8, 4) is 17.2 Å². The van der Waals surface area contributed by atoms with Gasteiger partial charge in [0.2, 0.25) is 0 Å². The SMILES string of the molecule is COc1cc(OC)c(OC)cc1C[NH+]1CCC(N2C[C@H](C)O[C@@H](C)C2)CC1. The van der Waals surface area contributed by atoms with Gasteiger partial charge in [-0.15, -0.1) is 0 Å². The van der Waals surface area contributed by atoms with E-state index in [1.54, 1.807) is 26.2 Å². The fourth-order valence-electron chi connectivity index (χ4n) is 4.57. The molecule has 0 aromatic heterocycles. The fourth-order valence-corrected chi connectivity index (χ4v) is 4.57. The van der Waals surface area contributed by atoms with Gasteiger partial charge >= 0.3 is 0 Å². The van der Waals surface area contributed by atoms with Gasteiger partial charge in [-0.3, -0.25) is 4.90 Å². The van der Waals surface area contributed by atoms with Crippen LogP contribution in [0, 0.1) is 0 Å². The number of rotatable bonds is 6. The van der Waals surface area contributed by atoms with E-state index in [1.165, 1.54) is 31.5 Å². The highest BCUT2D eigenvalue weighted by Gasteiger charge is 2.32. The molecule has 6 heteroatoms. The first-order valence-electron chi connectivity index (χ1n) is 10.1. The molecule has 1 aromatic carbocycles. The van der Waals surface area contributed by atoms with Crippen LogP contribution in [-0.4, -0.2) is 70.7 Å². The number of nitrogens with one attached hydrogen (secondary N) is 1. The molecule has 2 aliphatic rings. The van der Waals surface area contributed by atoms with E-state index in [-0.39, 0.29) is 0 Å². The maximum atomic E-state index is 5.89. The Morgan fingerprint density at radius 1 is 0.926 bits per heavy atom. The number of methoxy groups -OCH3 is 3. The van der Waals surface area contributed by atoms with Gasteiger partial charge in [-0.2, -0.15) is 0 Å². The molecule has 2 saturated heterocycles. The fraction of sp³-hybridized carbons (Fsp3) is 0.714. The molecule has 0 bridgehead atoms. The lowest BCUT2D eigenvalue weighted by Gasteiger charge is -2.42. The Morgan fingerprint density at radius 2 is 1.48 bits per heavy atom. The molecule has 3 rings (SSSR count). The molecular formula is C21H35N2O4+. The molecule has 0 radical (unpaired) electrons. The van der Waals surface area contributed by atoms with Crippen molar-refractivity contribution in [1.82, 2.24) is 4.90 Å². The van der Waals surface area contributed by atoms with E-state index in [4.69, 9.17) is 18.9 Å². The standard InChI is InChI=1S/C21H34N2O4/c1-15-12-23(13-16(2)27-15)18-6-8-22(9-7-18)14-17-10-20(25-4)21(26-5)11-19(17)24-3/h10-11,15-16,18H,6-9,12-14H2,1-5H3/p+1/t15-,16-/m0/s1. The van der Waals surface area contributed by atoms with E-state index < -0.39 is 0 Å². The van der Waals surface area contributed by atoms with Crippen LogP contribution in [0.25, 0.3) is 0 Å². The summed E-state index contributed by atoms with van der Waals surface area (Å²) in [7, 11) is 5.05. The quantitative estimate of drug-likeness (QED) is 0.809. The molecule has 0 unspecified atom stereocenters. The number of morpholine rings is 1. The van der Waals surface area contributed by atoms with E-state index in [0.717, 1.165) is 31.1 Å². The van der Waals surface area contributed by atoms with Gasteiger partial charge in [0.15, 0.2) is 11.5 Å². The number of quaternary nitrogens is 1. The molecule has 2 heterocycles. The second-order valence-electron chi connectivity index (χ2n) is 7.89. The summed E-state index contributed by atoms with van der Waals surface area (Å²) in [6, 6.07) is 4.67. The van der Waals surface area contributed by atoms with Crippen LogP contribution in [0.5, 0.6) is 17.2 Å². The van der Waals surface area contributed by atoms with Crippen molar-refractivity contribution >= 4 is 0 Å². The van der Waals surface area contributed by atoms with Crippen LogP contribution in [0.3, 0.4) is 0 Å². The van der Waals surface area contributed by atoms with Crippen LogP contribution in [0.1, 0.15) is 32.3 Å². The maximum absolute atomic E-state index is 5.89. The highest BCUT2D eigenvalue weighted by Crippen LogP contribution is 2.34. The van der Waals surface area contributed by atoms with Crippen molar-refractivity contribution in [3.05, 3.63) is 17.7 Å². The smallest absolute Gasteiger partial charge is 0.164 e. The van der Waals surface area contributed by atoms with Crippen molar-refractivity contribution in [2.24, 2.45) is 0 Å². The van der Waals surface area contributed by atoms with Crippen LogP contribution >= 0.6 is 0 Å². The summed E-state index contributed by atoms with van der Waals surface area (Å²) >= 11 is 0. The van der Waals surface area contributed by atoms with Crippen molar-refractivity contribution in [1.29, 1.82) is 0 Å². The lowest BCUT2D eigenvalue weighted by Crippen LogP contribution is -3.12. The summed E-state index contributed by atoms with van der Waals surface area (Å²) < 4.78 is 22.4. The summed E-state index contributed by atoms with van der Waals surface area (Å²) in [6.07, 6.45) is 3.17. The zero-order valence-corrected chi connectivity index (χ0v) is 17.4. The monoisotopic (exact) mass is 379 g/mol. The van der Waals surface area contributed by atoms with Crippen LogP contribution in [0.15, 0.2) is 12.1 Å². The van der Waals surface area contributed by atoms with E-state index in [1.807, 2.05) is 6.07 Å². The Bertz CT molecular complexity index is 606. The summed E-state index contributed by atoms with van der Waals surface area (Å²) in [6.45, 7) is 9.82. The number of ether oxygens (including phenoxy) is 4. The Labute approximate surface area is 163 Å². The van der Waals surface area contributed by atoms with Crippen LogP contribution in [-0.2, 0) is 11.3 Å². The third kappa shape index (κ3) is 4.86. The van der Waals surface area contributed by atoms with Gasteiger partial charge in [0.1, 0.15) is 12.3 Å². The van der Waals surface area contributed by atoms with Gasteiger partial charge < -0.3 is 23.8 Å². The highest BCUT2D eigenvalue weighted by atomic mass is 16.5. The summed E-state index contributed by atoms with van der Waals surface area (Å²) in [5.74, 6) is 2.35. The lowest BCUT2D eigenvalue weighted by molar-refractivity contribution is -0.919. The third-order valence-corrected chi connectivity index (χ3v) is 5.85. The molecule has 0 spiro atoms. The van der Waals surface area contributed by atoms with Crippen molar-refractivity contribution < 1.29 is 23.8 Å². The molecule has 27 heavy (non-hydrogen) atoms. The first-order valence-corrected chi connectivity index (χ1v) is 10.1. The topological polar surface area (TPSA) is 44.6 Å². The molecule has 152 valence electrons. The minimum atomic E-state index is 0.343. The maximum Gasteiger partial charge on any atom is 0.164 e. The summed E-state index contributed by atoms with van der Waals surface area (Å²) in [5.41, 5.74) is 1.18. The zero-order valence-electron chi connectivity index (χ0n) is 17.4. The average molecular weight is 380 g/mol. The van der Waals surface area contributed by atoms with Crippen molar-refractivity contribution in [2.45, 2.75) is 51.5 Å². The molecule has 2 fully saturated rings.